The van der Waals surface area contributed by atoms with Crippen molar-refractivity contribution in [2.45, 2.75) is 25.9 Å². The molecule has 0 unspecified atom stereocenters. The Morgan fingerprint density at radius 2 is 1.78 bits per heavy atom. The fraction of sp³-hybridized carbons (Fsp3) is 0.333. The Balaban J connectivity index is 2.98. The van der Waals surface area contributed by atoms with Crippen molar-refractivity contribution < 1.29 is 27.2 Å². The largest absolute Gasteiger partial charge is 0.419 e. The molecule has 0 aromatic heterocycles. The van der Waals surface area contributed by atoms with E-state index >= 15 is 0 Å². The summed E-state index contributed by atoms with van der Waals surface area (Å²) in [6.45, 7) is 1.28. The first-order valence-electron chi connectivity index (χ1n) is 5.11. The summed E-state index contributed by atoms with van der Waals surface area (Å²) >= 11 is 0. The van der Waals surface area contributed by atoms with Crippen molar-refractivity contribution >= 4 is 11.6 Å². The minimum absolute atomic E-state index is 0.0441. The summed E-state index contributed by atoms with van der Waals surface area (Å²) in [7, 11) is 0. The Kier molecular flexibility index (Phi) is 4.21. The van der Waals surface area contributed by atoms with Gasteiger partial charge in [0.25, 0.3) is 0 Å². The number of carbonyl (C=O) groups is 2. The van der Waals surface area contributed by atoms with Crippen LogP contribution in [-0.4, -0.2) is 11.6 Å². The topological polar surface area (TPSA) is 34.1 Å². The first-order valence-corrected chi connectivity index (χ1v) is 5.11. The zero-order chi connectivity index (χ0) is 13.9. The number of benzene rings is 1. The molecule has 0 aliphatic heterocycles. The molecule has 0 amide bonds. The Morgan fingerprint density at radius 3 is 2.28 bits per heavy atom. The van der Waals surface area contributed by atoms with E-state index in [1.165, 1.54) is 6.92 Å². The Labute approximate surface area is 101 Å². The van der Waals surface area contributed by atoms with Crippen LogP contribution in [0.1, 0.15) is 35.7 Å². The molecule has 0 aliphatic rings. The van der Waals surface area contributed by atoms with Crippen LogP contribution in [0.3, 0.4) is 0 Å². The maximum absolute atomic E-state index is 13.0. The van der Waals surface area contributed by atoms with E-state index in [-0.39, 0.29) is 24.2 Å². The van der Waals surface area contributed by atoms with E-state index in [4.69, 9.17) is 0 Å². The first kappa shape index (κ1) is 14.3. The van der Waals surface area contributed by atoms with E-state index in [2.05, 4.69) is 0 Å². The smallest absolute Gasteiger partial charge is 0.300 e. The summed E-state index contributed by atoms with van der Waals surface area (Å²) < 4.78 is 50.2. The SMILES string of the molecule is CC(=O)CCC(=O)c1ccc(F)c(C(F)(F)F)c1. The van der Waals surface area contributed by atoms with Crippen molar-refractivity contribution in [3.05, 3.63) is 35.1 Å². The highest BCUT2D eigenvalue weighted by Crippen LogP contribution is 2.32. The lowest BCUT2D eigenvalue weighted by Gasteiger charge is -2.09. The lowest BCUT2D eigenvalue weighted by atomic mass is 10.0. The third-order valence-electron chi connectivity index (χ3n) is 2.30. The Bertz CT molecular complexity index is 477. The van der Waals surface area contributed by atoms with Gasteiger partial charge in [0, 0.05) is 18.4 Å². The van der Waals surface area contributed by atoms with Crippen LogP contribution in [0.2, 0.25) is 0 Å². The van der Waals surface area contributed by atoms with Gasteiger partial charge < -0.3 is 4.79 Å². The molecule has 0 bridgehead atoms. The highest BCUT2D eigenvalue weighted by atomic mass is 19.4. The van der Waals surface area contributed by atoms with Gasteiger partial charge in [0.05, 0.1) is 5.56 Å². The van der Waals surface area contributed by atoms with Crippen LogP contribution in [-0.2, 0) is 11.0 Å². The van der Waals surface area contributed by atoms with Gasteiger partial charge >= 0.3 is 6.18 Å². The molecule has 98 valence electrons. The van der Waals surface area contributed by atoms with Crippen LogP contribution < -0.4 is 0 Å². The molecule has 18 heavy (non-hydrogen) atoms. The molecule has 0 fully saturated rings. The number of hydrogen-bond acceptors (Lipinski definition) is 2. The van der Waals surface area contributed by atoms with Crippen LogP contribution in [0.15, 0.2) is 18.2 Å². The molecular weight excluding hydrogens is 252 g/mol. The van der Waals surface area contributed by atoms with Gasteiger partial charge in [-0.2, -0.15) is 13.2 Å². The zero-order valence-electron chi connectivity index (χ0n) is 9.47. The highest BCUT2D eigenvalue weighted by molar-refractivity contribution is 5.98. The van der Waals surface area contributed by atoms with Gasteiger partial charge in [-0.3, -0.25) is 4.79 Å². The Morgan fingerprint density at radius 1 is 1.17 bits per heavy atom. The van der Waals surface area contributed by atoms with Crippen molar-refractivity contribution in [3.63, 3.8) is 0 Å². The summed E-state index contributed by atoms with van der Waals surface area (Å²) in [5.74, 6) is -2.28. The molecule has 0 saturated carbocycles. The van der Waals surface area contributed by atoms with Crippen LogP contribution in [0.4, 0.5) is 17.6 Å². The number of Topliss-reactive ketones (excluding diaryl/α,β-unsaturated/α-hetero) is 2. The van der Waals surface area contributed by atoms with Crippen molar-refractivity contribution in [1.29, 1.82) is 0 Å². The summed E-state index contributed by atoms with van der Waals surface area (Å²) in [5, 5.41) is 0. The maximum Gasteiger partial charge on any atom is 0.419 e. The van der Waals surface area contributed by atoms with Gasteiger partial charge in [0.1, 0.15) is 11.6 Å². The summed E-state index contributed by atoms with van der Waals surface area (Å²) in [6.07, 6.45) is -5.07. The second-order valence-electron chi connectivity index (χ2n) is 3.82. The molecule has 0 spiro atoms. The van der Waals surface area contributed by atoms with Crippen molar-refractivity contribution in [2.75, 3.05) is 0 Å². The number of hydrogen-bond donors (Lipinski definition) is 0. The number of halogens is 4. The molecule has 2 nitrogen and oxygen atoms in total. The predicted octanol–water partition coefficient (Wildman–Crippen LogP) is 3.40. The maximum atomic E-state index is 13.0. The molecule has 0 N–H and O–H groups in total. The lowest BCUT2D eigenvalue weighted by Crippen LogP contribution is -2.11. The average molecular weight is 262 g/mol. The number of rotatable bonds is 4. The average Bonchev–Trinajstić information content (AvgIpc) is 2.24. The van der Waals surface area contributed by atoms with Crippen molar-refractivity contribution in [3.8, 4) is 0 Å². The quantitative estimate of drug-likeness (QED) is 0.615. The van der Waals surface area contributed by atoms with Gasteiger partial charge in [-0.25, -0.2) is 4.39 Å². The number of carbonyl (C=O) groups excluding carboxylic acids is 2. The third-order valence-corrected chi connectivity index (χ3v) is 2.30. The second kappa shape index (κ2) is 5.29. The van der Waals surface area contributed by atoms with Gasteiger partial charge in [-0.05, 0) is 25.1 Å². The van der Waals surface area contributed by atoms with E-state index in [0.29, 0.717) is 12.1 Å². The molecule has 1 aromatic rings. The van der Waals surface area contributed by atoms with E-state index < -0.39 is 23.3 Å². The lowest BCUT2D eigenvalue weighted by molar-refractivity contribution is -0.140. The first-order chi connectivity index (χ1) is 8.21. The molecule has 0 aliphatic carbocycles. The molecule has 0 heterocycles. The van der Waals surface area contributed by atoms with Crippen LogP contribution in [0.5, 0.6) is 0 Å². The molecule has 0 atom stereocenters. The minimum atomic E-state index is -4.85. The summed E-state index contributed by atoms with van der Waals surface area (Å²) in [6, 6.07) is 2.05. The van der Waals surface area contributed by atoms with Crippen LogP contribution >= 0.6 is 0 Å². The van der Waals surface area contributed by atoms with Crippen molar-refractivity contribution in [1.82, 2.24) is 0 Å². The van der Waals surface area contributed by atoms with Crippen LogP contribution in [0.25, 0.3) is 0 Å². The summed E-state index contributed by atoms with van der Waals surface area (Å²) in [4.78, 5) is 22.2. The molecule has 0 radical (unpaired) electrons. The highest BCUT2D eigenvalue weighted by Gasteiger charge is 2.34. The fourth-order valence-electron chi connectivity index (χ4n) is 1.35. The molecule has 6 heteroatoms. The normalized spacial score (nSPS) is 11.4. The second-order valence-corrected chi connectivity index (χ2v) is 3.82. The van der Waals surface area contributed by atoms with Crippen molar-refractivity contribution in [2.24, 2.45) is 0 Å². The van der Waals surface area contributed by atoms with Gasteiger partial charge in [0.15, 0.2) is 5.78 Å². The molecule has 1 rings (SSSR count). The fourth-order valence-corrected chi connectivity index (χ4v) is 1.35. The minimum Gasteiger partial charge on any atom is -0.300 e. The molecule has 0 saturated heterocycles. The Hall–Kier alpha value is -1.72. The van der Waals surface area contributed by atoms with E-state index in [1.54, 1.807) is 0 Å². The van der Waals surface area contributed by atoms with Gasteiger partial charge in [-0.15, -0.1) is 0 Å². The number of ketones is 2. The third kappa shape index (κ3) is 3.65. The van der Waals surface area contributed by atoms with Crippen LogP contribution in [0, 0.1) is 5.82 Å². The zero-order valence-corrected chi connectivity index (χ0v) is 9.47. The predicted molar refractivity (Wildman–Crippen MR) is 55.6 cm³/mol. The monoisotopic (exact) mass is 262 g/mol. The molecule has 1 aromatic carbocycles. The van der Waals surface area contributed by atoms with E-state index in [1.807, 2.05) is 0 Å². The van der Waals surface area contributed by atoms with E-state index in [9.17, 15) is 27.2 Å². The summed E-state index contributed by atoms with van der Waals surface area (Å²) in [5.41, 5.74) is -1.72. The standard InChI is InChI=1S/C12H10F4O2/c1-7(17)2-5-11(18)8-3-4-10(13)9(6-8)12(14,15)16/h3-4,6H,2,5H2,1H3. The number of alkyl halides is 3. The molecular formula is C12H10F4O2. The van der Waals surface area contributed by atoms with E-state index in [0.717, 1.165) is 6.07 Å². The van der Waals surface area contributed by atoms with Gasteiger partial charge in [-0.1, -0.05) is 0 Å². The van der Waals surface area contributed by atoms with Gasteiger partial charge in [0.2, 0.25) is 0 Å².